The van der Waals surface area contributed by atoms with Crippen molar-refractivity contribution in [3.63, 3.8) is 0 Å². The number of rotatable bonds is 2. The molecule has 0 radical (unpaired) electrons. The van der Waals surface area contributed by atoms with Gasteiger partial charge in [0, 0.05) is 5.92 Å². The minimum atomic E-state index is -0.217. The summed E-state index contributed by atoms with van der Waals surface area (Å²) in [5.41, 5.74) is 1.21. The van der Waals surface area contributed by atoms with E-state index >= 15 is 0 Å². The lowest BCUT2D eigenvalue weighted by molar-refractivity contribution is -0.143. The van der Waals surface area contributed by atoms with E-state index in [4.69, 9.17) is 4.74 Å². The summed E-state index contributed by atoms with van der Waals surface area (Å²) in [4.78, 5) is 11.8. The summed E-state index contributed by atoms with van der Waals surface area (Å²) >= 11 is 0. The molecule has 0 spiro atoms. The van der Waals surface area contributed by atoms with Crippen LogP contribution in [0.5, 0.6) is 0 Å². The van der Waals surface area contributed by atoms with Crippen LogP contribution < -0.4 is 5.32 Å². The summed E-state index contributed by atoms with van der Waals surface area (Å²) in [6, 6.07) is 14.5. The number of benzene rings is 2. The molecule has 1 fully saturated rings. The molecule has 1 saturated heterocycles. The quantitative estimate of drug-likeness (QED) is 0.838. The highest BCUT2D eigenvalue weighted by atomic mass is 16.5. The molecule has 0 amide bonds. The number of hydrogen-bond donors (Lipinski definition) is 1. The number of methoxy groups -OCH3 is 1. The summed E-state index contributed by atoms with van der Waals surface area (Å²) in [6.45, 7) is 0.858. The Morgan fingerprint density at radius 2 is 2.00 bits per heavy atom. The van der Waals surface area contributed by atoms with Crippen LogP contribution in [0.2, 0.25) is 0 Å². The molecule has 3 heteroatoms. The van der Waals surface area contributed by atoms with Crippen LogP contribution in [0, 0.1) is 0 Å². The Balaban J connectivity index is 1.96. The van der Waals surface area contributed by atoms with Crippen LogP contribution in [0.15, 0.2) is 42.5 Å². The molecule has 0 bridgehead atoms. The van der Waals surface area contributed by atoms with Gasteiger partial charge in [0.25, 0.3) is 0 Å². The maximum Gasteiger partial charge on any atom is 0.323 e. The Morgan fingerprint density at radius 3 is 2.79 bits per heavy atom. The number of nitrogens with one attached hydrogen (secondary N) is 1. The lowest BCUT2D eigenvalue weighted by Crippen LogP contribution is -2.35. The van der Waals surface area contributed by atoms with Gasteiger partial charge in [-0.2, -0.15) is 0 Å². The minimum absolute atomic E-state index is 0.171. The highest BCUT2D eigenvalue weighted by Crippen LogP contribution is 2.30. The largest absolute Gasteiger partial charge is 0.468 e. The van der Waals surface area contributed by atoms with Gasteiger partial charge < -0.3 is 10.1 Å². The maximum atomic E-state index is 11.8. The van der Waals surface area contributed by atoms with Crippen molar-refractivity contribution in [2.75, 3.05) is 13.7 Å². The fraction of sp³-hybridized carbons (Fsp3) is 0.312. The molecule has 2 aromatic carbocycles. The zero-order chi connectivity index (χ0) is 13.2. The van der Waals surface area contributed by atoms with Crippen molar-refractivity contribution in [2.45, 2.75) is 18.4 Å². The zero-order valence-electron chi connectivity index (χ0n) is 10.9. The first kappa shape index (κ1) is 12.2. The van der Waals surface area contributed by atoms with Crippen LogP contribution in [0.25, 0.3) is 10.8 Å². The molecule has 0 aliphatic carbocycles. The Kier molecular flexibility index (Phi) is 3.22. The number of carbonyl (C=O) groups excluding carboxylic acids is 1. The number of carbonyl (C=O) groups is 1. The Morgan fingerprint density at radius 1 is 1.21 bits per heavy atom. The molecule has 2 aromatic rings. The zero-order valence-corrected chi connectivity index (χ0v) is 10.9. The van der Waals surface area contributed by atoms with E-state index in [1.165, 1.54) is 23.4 Å². The van der Waals surface area contributed by atoms with E-state index in [1.54, 1.807) is 0 Å². The minimum Gasteiger partial charge on any atom is -0.468 e. The molecule has 2 unspecified atom stereocenters. The Bertz CT molecular complexity index is 608. The van der Waals surface area contributed by atoms with E-state index < -0.39 is 0 Å². The third-order valence-electron chi connectivity index (χ3n) is 3.88. The second-order valence-electron chi connectivity index (χ2n) is 4.96. The molecule has 1 aliphatic rings. The van der Waals surface area contributed by atoms with Gasteiger partial charge in [0.1, 0.15) is 6.04 Å². The monoisotopic (exact) mass is 255 g/mol. The smallest absolute Gasteiger partial charge is 0.323 e. The Labute approximate surface area is 112 Å². The van der Waals surface area contributed by atoms with E-state index in [-0.39, 0.29) is 17.9 Å². The second kappa shape index (κ2) is 5.02. The first-order valence-electron chi connectivity index (χ1n) is 6.59. The molecule has 3 rings (SSSR count). The van der Waals surface area contributed by atoms with Gasteiger partial charge in [0.2, 0.25) is 0 Å². The number of esters is 1. The topological polar surface area (TPSA) is 38.3 Å². The van der Waals surface area contributed by atoms with E-state index in [0.29, 0.717) is 0 Å². The van der Waals surface area contributed by atoms with Crippen molar-refractivity contribution in [2.24, 2.45) is 0 Å². The first-order valence-corrected chi connectivity index (χ1v) is 6.59. The highest BCUT2D eigenvalue weighted by Gasteiger charge is 2.34. The molecule has 1 N–H and O–H groups in total. The fourth-order valence-corrected chi connectivity index (χ4v) is 2.88. The van der Waals surface area contributed by atoms with E-state index in [2.05, 4.69) is 35.6 Å². The molecule has 1 heterocycles. The van der Waals surface area contributed by atoms with Gasteiger partial charge in [-0.25, -0.2) is 0 Å². The fourth-order valence-electron chi connectivity index (χ4n) is 2.88. The average molecular weight is 255 g/mol. The molecule has 0 aromatic heterocycles. The van der Waals surface area contributed by atoms with Crippen LogP contribution >= 0.6 is 0 Å². The SMILES string of the molecule is COC(=O)C1NCCC1c1ccc2ccccc2c1. The summed E-state index contributed by atoms with van der Waals surface area (Å²) in [5.74, 6) is 0.0349. The molecular formula is C16H17NO2. The van der Waals surface area contributed by atoms with E-state index in [0.717, 1.165) is 13.0 Å². The highest BCUT2D eigenvalue weighted by molar-refractivity contribution is 5.84. The van der Waals surface area contributed by atoms with Gasteiger partial charge in [-0.15, -0.1) is 0 Å². The second-order valence-corrected chi connectivity index (χ2v) is 4.96. The summed E-state index contributed by atoms with van der Waals surface area (Å²) < 4.78 is 4.87. The standard InChI is InChI=1S/C16H17NO2/c1-19-16(18)15-14(8-9-17-15)13-7-6-11-4-2-3-5-12(11)10-13/h2-7,10,14-15,17H,8-9H2,1H3. The number of fused-ring (bicyclic) bond motifs is 1. The van der Waals surface area contributed by atoms with Crippen molar-refractivity contribution in [1.82, 2.24) is 5.32 Å². The number of ether oxygens (including phenoxy) is 1. The van der Waals surface area contributed by atoms with E-state index in [9.17, 15) is 4.79 Å². The molecular weight excluding hydrogens is 238 g/mol. The van der Waals surface area contributed by atoms with Gasteiger partial charge >= 0.3 is 5.97 Å². The Hall–Kier alpha value is -1.87. The molecule has 98 valence electrons. The van der Waals surface area contributed by atoms with Crippen molar-refractivity contribution in [1.29, 1.82) is 0 Å². The van der Waals surface area contributed by atoms with Gasteiger partial charge in [0.05, 0.1) is 7.11 Å². The maximum absolute atomic E-state index is 11.8. The van der Waals surface area contributed by atoms with E-state index in [1.807, 2.05) is 12.1 Å². The molecule has 1 aliphatic heterocycles. The predicted molar refractivity (Wildman–Crippen MR) is 75.1 cm³/mol. The summed E-state index contributed by atoms with van der Waals surface area (Å²) in [7, 11) is 1.44. The van der Waals surface area contributed by atoms with Crippen LogP contribution in [-0.4, -0.2) is 25.7 Å². The molecule has 2 atom stereocenters. The van der Waals surface area contributed by atoms with Crippen molar-refractivity contribution in [3.05, 3.63) is 48.0 Å². The van der Waals surface area contributed by atoms with Crippen LogP contribution in [-0.2, 0) is 9.53 Å². The van der Waals surface area contributed by atoms with Crippen LogP contribution in [0.3, 0.4) is 0 Å². The van der Waals surface area contributed by atoms with Gasteiger partial charge in [0.15, 0.2) is 0 Å². The summed E-state index contributed by atoms with van der Waals surface area (Å²) in [5, 5.41) is 5.68. The molecule has 0 saturated carbocycles. The normalized spacial score (nSPS) is 22.6. The lowest BCUT2D eigenvalue weighted by atomic mass is 9.90. The van der Waals surface area contributed by atoms with Gasteiger partial charge in [-0.1, -0.05) is 42.5 Å². The van der Waals surface area contributed by atoms with Gasteiger partial charge in [-0.3, -0.25) is 4.79 Å². The first-order chi connectivity index (χ1) is 9.29. The predicted octanol–water partition coefficient (Wildman–Crippen LogP) is 2.46. The van der Waals surface area contributed by atoms with Crippen molar-refractivity contribution in [3.8, 4) is 0 Å². The van der Waals surface area contributed by atoms with Crippen molar-refractivity contribution < 1.29 is 9.53 Å². The lowest BCUT2D eigenvalue weighted by Gasteiger charge is -2.18. The van der Waals surface area contributed by atoms with Crippen LogP contribution in [0.1, 0.15) is 17.9 Å². The molecule has 3 nitrogen and oxygen atoms in total. The number of hydrogen-bond acceptors (Lipinski definition) is 3. The average Bonchev–Trinajstić information content (AvgIpc) is 2.95. The van der Waals surface area contributed by atoms with Crippen molar-refractivity contribution >= 4 is 16.7 Å². The molecule has 19 heavy (non-hydrogen) atoms. The van der Waals surface area contributed by atoms with Crippen LogP contribution in [0.4, 0.5) is 0 Å². The third kappa shape index (κ3) is 2.22. The van der Waals surface area contributed by atoms with Gasteiger partial charge in [-0.05, 0) is 29.3 Å². The third-order valence-corrected chi connectivity index (χ3v) is 3.88. The summed E-state index contributed by atoms with van der Waals surface area (Å²) in [6.07, 6.45) is 0.970.